The Balaban J connectivity index is 1.73. The van der Waals surface area contributed by atoms with E-state index in [4.69, 9.17) is 4.74 Å². The Morgan fingerprint density at radius 2 is 2.12 bits per heavy atom. The van der Waals surface area contributed by atoms with Crippen molar-refractivity contribution in [2.24, 2.45) is 0 Å². The molecule has 1 aliphatic rings. The van der Waals surface area contributed by atoms with Gasteiger partial charge in [-0.25, -0.2) is 4.39 Å². The number of hydrogen-bond acceptors (Lipinski definition) is 4. The average Bonchev–Trinajstić information content (AvgIpc) is 2.58. The van der Waals surface area contributed by atoms with Gasteiger partial charge in [0.05, 0.1) is 0 Å². The molecule has 24 heavy (non-hydrogen) atoms. The summed E-state index contributed by atoms with van der Waals surface area (Å²) < 4.78 is 17.9. The summed E-state index contributed by atoms with van der Waals surface area (Å²) in [5, 5.41) is 2.33. The molecule has 0 aromatic heterocycles. The fourth-order valence-corrected chi connectivity index (χ4v) is 2.63. The van der Waals surface area contributed by atoms with E-state index in [1.54, 1.807) is 4.90 Å². The van der Waals surface area contributed by atoms with Gasteiger partial charge in [-0.1, -0.05) is 6.07 Å². The molecule has 2 rings (SSSR count). The highest BCUT2D eigenvalue weighted by Crippen LogP contribution is 2.16. The summed E-state index contributed by atoms with van der Waals surface area (Å²) in [6, 6.07) is 5.28. The zero-order chi connectivity index (χ0) is 17.5. The van der Waals surface area contributed by atoms with Gasteiger partial charge in [0, 0.05) is 18.2 Å². The van der Waals surface area contributed by atoms with Gasteiger partial charge in [0.1, 0.15) is 12.4 Å². The van der Waals surface area contributed by atoms with E-state index in [2.05, 4.69) is 5.32 Å². The molecule has 2 amide bonds. The second-order valence-electron chi connectivity index (χ2n) is 5.79. The minimum Gasteiger partial charge on any atom is -0.454 e. The Bertz CT molecular complexity index is 620. The summed E-state index contributed by atoms with van der Waals surface area (Å²) in [4.78, 5) is 37.1. The fourth-order valence-electron chi connectivity index (χ4n) is 2.63. The second-order valence-corrected chi connectivity index (χ2v) is 5.79. The lowest BCUT2D eigenvalue weighted by atomic mass is 10.0. The lowest BCUT2D eigenvalue weighted by Gasteiger charge is -2.33. The van der Waals surface area contributed by atoms with Gasteiger partial charge in [0.25, 0.3) is 11.8 Å². The van der Waals surface area contributed by atoms with Crippen LogP contribution in [0.25, 0.3) is 0 Å². The second kappa shape index (κ2) is 8.42. The zero-order valence-corrected chi connectivity index (χ0v) is 13.6. The maximum absolute atomic E-state index is 13.0. The number of likely N-dealkylation sites (tertiary alicyclic amines) is 1. The van der Waals surface area contributed by atoms with E-state index in [0.717, 1.165) is 25.3 Å². The molecule has 1 atom stereocenters. The van der Waals surface area contributed by atoms with Crippen LogP contribution in [0, 0.1) is 5.82 Å². The molecule has 1 fully saturated rings. The molecule has 1 aromatic rings. The van der Waals surface area contributed by atoms with Crippen molar-refractivity contribution in [3.8, 4) is 0 Å². The smallest absolute Gasteiger partial charge is 0.325 e. The van der Waals surface area contributed by atoms with E-state index in [1.807, 2.05) is 6.92 Å². The van der Waals surface area contributed by atoms with Gasteiger partial charge in [-0.15, -0.1) is 0 Å². The number of nitrogens with one attached hydrogen (secondary N) is 1. The molecule has 0 unspecified atom stereocenters. The van der Waals surface area contributed by atoms with Gasteiger partial charge in [-0.2, -0.15) is 0 Å². The molecule has 0 bridgehead atoms. The number of benzene rings is 1. The van der Waals surface area contributed by atoms with E-state index in [0.29, 0.717) is 6.54 Å². The topological polar surface area (TPSA) is 75.7 Å². The summed E-state index contributed by atoms with van der Waals surface area (Å²) in [5.41, 5.74) is 0.112. The molecule has 0 aliphatic carbocycles. The van der Waals surface area contributed by atoms with Crippen LogP contribution in [0.1, 0.15) is 36.5 Å². The molecule has 0 spiro atoms. The van der Waals surface area contributed by atoms with Crippen LogP contribution in [0.2, 0.25) is 0 Å². The van der Waals surface area contributed by atoms with Crippen molar-refractivity contribution in [3.63, 3.8) is 0 Å². The summed E-state index contributed by atoms with van der Waals surface area (Å²) in [6.07, 6.45) is 2.99. The van der Waals surface area contributed by atoms with Crippen molar-refractivity contribution in [1.29, 1.82) is 0 Å². The first-order chi connectivity index (χ1) is 11.5. The van der Waals surface area contributed by atoms with Gasteiger partial charge in [0.2, 0.25) is 0 Å². The first-order valence-corrected chi connectivity index (χ1v) is 7.96. The number of hydrogen-bond donors (Lipinski definition) is 1. The van der Waals surface area contributed by atoms with Gasteiger partial charge in [0.15, 0.2) is 6.61 Å². The molecule has 7 heteroatoms. The molecule has 1 saturated heterocycles. The fraction of sp³-hybridized carbons (Fsp3) is 0.471. The van der Waals surface area contributed by atoms with Crippen molar-refractivity contribution in [1.82, 2.24) is 10.2 Å². The molecule has 130 valence electrons. The molecular weight excluding hydrogens is 315 g/mol. The SMILES string of the molecule is C[C@@H]1CCCCN1C(=O)COC(=O)CNC(=O)c1cccc(F)c1. The molecule has 0 saturated carbocycles. The van der Waals surface area contributed by atoms with Crippen LogP contribution in [0.15, 0.2) is 24.3 Å². The molecule has 1 heterocycles. The van der Waals surface area contributed by atoms with Gasteiger partial charge in [-0.3, -0.25) is 14.4 Å². The lowest BCUT2D eigenvalue weighted by molar-refractivity contribution is -0.152. The van der Waals surface area contributed by atoms with Gasteiger partial charge >= 0.3 is 5.97 Å². The van der Waals surface area contributed by atoms with Crippen LogP contribution < -0.4 is 5.32 Å². The van der Waals surface area contributed by atoms with Crippen LogP contribution in [-0.2, 0) is 14.3 Å². The quantitative estimate of drug-likeness (QED) is 0.827. The van der Waals surface area contributed by atoms with Crippen LogP contribution >= 0.6 is 0 Å². The number of carbonyl (C=O) groups is 3. The predicted octanol–water partition coefficient (Wildman–Crippen LogP) is 1.50. The van der Waals surface area contributed by atoms with Crippen molar-refractivity contribution >= 4 is 17.8 Å². The lowest BCUT2D eigenvalue weighted by Crippen LogP contribution is -2.44. The number of halogens is 1. The normalized spacial score (nSPS) is 17.2. The highest BCUT2D eigenvalue weighted by atomic mass is 19.1. The molecule has 6 nitrogen and oxygen atoms in total. The minimum atomic E-state index is -0.710. The molecule has 1 aliphatic heterocycles. The van der Waals surface area contributed by atoms with Gasteiger partial charge < -0.3 is 15.0 Å². The number of nitrogens with zero attached hydrogens (tertiary/aromatic N) is 1. The molecular formula is C17H21FN2O4. The van der Waals surface area contributed by atoms with Crippen molar-refractivity contribution in [2.75, 3.05) is 19.7 Å². The third-order valence-corrected chi connectivity index (χ3v) is 3.96. The summed E-state index contributed by atoms with van der Waals surface area (Å²) >= 11 is 0. The third-order valence-electron chi connectivity index (χ3n) is 3.96. The van der Waals surface area contributed by atoms with Crippen molar-refractivity contribution < 1.29 is 23.5 Å². The van der Waals surface area contributed by atoms with Crippen LogP contribution in [0.5, 0.6) is 0 Å². The minimum absolute atomic E-state index is 0.112. The molecule has 1 aromatic carbocycles. The Kier molecular flexibility index (Phi) is 6.28. The highest BCUT2D eigenvalue weighted by molar-refractivity contribution is 5.96. The molecule has 0 radical (unpaired) electrons. The molecule has 1 N–H and O–H groups in total. The van der Waals surface area contributed by atoms with E-state index in [9.17, 15) is 18.8 Å². The number of piperidine rings is 1. The summed E-state index contributed by atoms with van der Waals surface area (Å²) in [7, 11) is 0. The standard InChI is InChI=1S/C17H21FN2O4/c1-12-5-2-3-8-20(12)15(21)11-24-16(22)10-19-17(23)13-6-4-7-14(18)9-13/h4,6-7,9,12H,2-3,5,8,10-11H2,1H3,(H,19,23)/t12-/m1/s1. The van der Waals surface area contributed by atoms with Crippen LogP contribution in [0.3, 0.4) is 0 Å². The Labute approximate surface area is 140 Å². The largest absolute Gasteiger partial charge is 0.454 e. The Hall–Kier alpha value is -2.44. The van der Waals surface area contributed by atoms with Crippen LogP contribution in [-0.4, -0.2) is 48.4 Å². The number of rotatable bonds is 5. The van der Waals surface area contributed by atoms with Crippen molar-refractivity contribution in [2.45, 2.75) is 32.2 Å². The van der Waals surface area contributed by atoms with Crippen molar-refractivity contribution in [3.05, 3.63) is 35.6 Å². The van der Waals surface area contributed by atoms with E-state index in [-0.39, 0.29) is 30.7 Å². The maximum atomic E-state index is 13.0. The monoisotopic (exact) mass is 336 g/mol. The van der Waals surface area contributed by atoms with E-state index < -0.39 is 17.7 Å². The zero-order valence-electron chi connectivity index (χ0n) is 13.6. The summed E-state index contributed by atoms with van der Waals surface area (Å²) in [6.45, 7) is 1.93. The predicted molar refractivity (Wildman–Crippen MR) is 84.7 cm³/mol. The van der Waals surface area contributed by atoms with E-state index in [1.165, 1.54) is 18.2 Å². The number of ether oxygens (including phenoxy) is 1. The number of carbonyl (C=O) groups excluding carboxylic acids is 3. The van der Waals surface area contributed by atoms with Crippen LogP contribution in [0.4, 0.5) is 4.39 Å². The Morgan fingerprint density at radius 1 is 1.33 bits per heavy atom. The van der Waals surface area contributed by atoms with Gasteiger partial charge in [-0.05, 0) is 44.4 Å². The Morgan fingerprint density at radius 3 is 2.83 bits per heavy atom. The third kappa shape index (κ3) is 5.04. The summed E-state index contributed by atoms with van der Waals surface area (Å²) in [5.74, 6) is -2.06. The first kappa shape index (κ1) is 17.9. The maximum Gasteiger partial charge on any atom is 0.325 e. The number of amides is 2. The average molecular weight is 336 g/mol. The highest BCUT2D eigenvalue weighted by Gasteiger charge is 2.23. The van der Waals surface area contributed by atoms with E-state index >= 15 is 0 Å². The number of esters is 1. The first-order valence-electron chi connectivity index (χ1n) is 7.96.